The number of aromatic nitrogens is 3. The Morgan fingerprint density at radius 1 is 1.32 bits per heavy atom. The Hall–Kier alpha value is -2.64. The molecule has 2 rings (SSSR count). The van der Waals surface area contributed by atoms with Gasteiger partial charge in [-0.1, -0.05) is 6.92 Å². The van der Waals surface area contributed by atoms with Crippen LogP contribution in [0.15, 0.2) is 35.6 Å². The van der Waals surface area contributed by atoms with Gasteiger partial charge < -0.3 is 19.9 Å². The van der Waals surface area contributed by atoms with E-state index in [0.717, 1.165) is 18.8 Å². The van der Waals surface area contributed by atoms with Crippen molar-refractivity contribution in [1.29, 1.82) is 0 Å². The number of nitrogens with zero attached hydrogens (tertiary/aromatic N) is 4. The van der Waals surface area contributed by atoms with E-state index in [-0.39, 0.29) is 11.9 Å². The van der Waals surface area contributed by atoms with Gasteiger partial charge in [0.2, 0.25) is 0 Å². The summed E-state index contributed by atoms with van der Waals surface area (Å²) in [5, 5.41) is 14.4. The number of benzene rings is 1. The Bertz CT molecular complexity index is 670. The molecule has 1 aromatic heterocycles. The van der Waals surface area contributed by atoms with Crippen molar-refractivity contribution >= 4 is 5.96 Å². The summed E-state index contributed by atoms with van der Waals surface area (Å²) in [4.78, 5) is 4.19. The van der Waals surface area contributed by atoms with Crippen LogP contribution in [-0.2, 0) is 13.0 Å². The van der Waals surface area contributed by atoms with Crippen molar-refractivity contribution in [3.63, 3.8) is 0 Å². The Labute approximate surface area is 147 Å². The minimum Gasteiger partial charge on any atom is -0.489 e. The molecular weight excluding hydrogens is 323 g/mol. The molecule has 1 unspecified atom stereocenters. The summed E-state index contributed by atoms with van der Waals surface area (Å²) < 4.78 is 20.6. The molecule has 0 bridgehead atoms. The largest absolute Gasteiger partial charge is 0.489 e. The fourth-order valence-electron chi connectivity index (χ4n) is 2.28. The molecule has 25 heavy (non-hydrogen) atoms. The van der Waals surface area contributed by atoms with Crippen molar-refractivity contribution in [3.05, 3.63) is 42.2 Å². The molecule has 0 saturated heterocycles. The van der Waals surface area contributed by atoms with E-state index in [9.17, 15) is 4.39 Å². The molecule has 1 atom stereocenters. The minimum absolute atomic E-state index is 0.0893. The van der Waals surface area contributed by atoms with Crippen LogP contribution in [0, 0.1) is 5.82 Å². The summed E-state index contributed by atoms with van der Waals surface area (Å²) in [5.41, 5.74) is 0. The molecule has 136 valence electrons. The van der Waals surface area contributed by atoms with Gasteiger partial charge in [-0.2, -0.15) is 0 Å². The number of guanidine groups is 1. The van der Waals surface area contributed by atoms with Crippen molar-refractivity contribution in [2.45, 2.75) is 32.9 Å². The van der Waals surface area contributed by atoms with Gasteiger partial charge in [-0.25, -0.2) is 4.39 Å². The van der Waals surface area contributed by atoms with Crippen LogP contribution in [0.3, 0.4) is 0 Å². The van der Waals surface area contributed by atoms with E-state index in [1.807, 2.05) is 11.5 Å². The van der Waals surface area contributed by atoms with Crippen molar-refractivity contribution in [1.82, 2.24) is 25.4 Å². The molecule has 0 aliphatic carbocycles. The first kappa shape index (κ1) is 18.7. The molecule has 0 spiro atoms. The van der Waals surface area contributed by atoms with E-state index in [2.05, 4.69) is 32.7 Å². The number of halogens is 1. The second-order valence-corrected chi connectivity index (χ2v) is 5.56. The number of aliphatic imine (C=N–C) groups is 1. The maximum absolute atomic E-state index is 12.9. The van der Waals surface area contributed by atoms with Crippen molar-refractivity contribution in [2.75, 3.05) is 20.1 Å². The zero-order valence-corrected chi connectivity index (χ0v) is 14.9. The highest BCUT2D eigenvalue weighted by Gasteiger charge is 2.06. The molecular formula is C17H25FN6O. The monoisotopic (exact) mass is 348 g/mol. The topological polar surface area (TPSA) is 76.4 Å². The van der Waals surface area contributed by atoms with Crippen LogP contribution in [0.1, 0.15) is 19.7 Å². The van der Waals surface area contributed by atoms with Crippen LogP contribution < -0.4 is 15.4 Å². The molecule has 8 heteroatoms. The first-order valence-corrected chi connectivity index (χ1v) is 8.35. The Morgan fingerprint density at radius 3 is 2.76 bits per heavy atom. The normalized spacial score (nSPS) is 12.7. The van der Waals surface area contributed by atoms with Gasteiger partial charge in [-0.05, 0) is 31.2 Å². The zero-order valence-electron chi connectivity index (χ0n) is 14.9. The van der Waals surface area contributed by atoms with Crippen LogP contribution >= 0.6 is 0 Å². The van der Waals surface area contributed by atoms with Gasteiger partial charge in [-0.3, -0.25) is 4.99 Å². The second kappa shape index (κ2) is 9.61. The van der Waals surface area contributed by atoms with Gasteiger partial charge in [0.15, 0.2) is 5.96 Å². The third-order valence-electron chi connectivity index (χ3n) is 3.59. The first-order valence-electron chi connectivity index (χ1n) is 8.35. The lowest BCUT2D eigenvalue weighted by atomic mass is 10.3. The van der Waals surface area contributed by atoms with Gasteiger partial charge in [0.25, 0.3) is 0 Å². The number of hydrogen-bond acceptors (Lipinski definition) is 4. The maximum Gasteiger partial charge on any atom is 0.191 e. The molecule has 7 nitrogen and oxygen atoms in total. The molecule has 0 aliphatic rings. The van der Waals surface area contributed by atoms with E-state index in [4.69, 9.17) is 4.74 Å². The van der Waals surface area contributed by atoms with Crippen LogP contribution in [0.4, 0.5) is 4.39 Å². The number of aryl methyl sites for hydroxylation is 1. The van der Waals surface area contributed by atoms with Crippen LogP contribution in [-0.4, -0.2) is 47.0 Å². The third-order valence-corrected chi connectivity index (χ3v) is 3.59. The standard InChI is InChI=1S/C17H25FN6O/c1-4-16-23-22-12-24(16)10-9-20-17(19-3)21-11-13(2)25-15-7-5-14(18)6-8-15/h5-8,12-13H,4,9-11H2,1-3H3,(H2,19,20,21). The molecule has 0 amide bonds. The molecule has 1 aromatic carbocycles. The van der Waals surface area contributed by atoms with E-state index in [1.165, 1.54) is 12.1 Å². The van der Waals surface area contributed by atoms with Gasteiger partial charge in [0.05, 0.1) is 6.54 Å². The zero-order chi connectivity index (χ0) is 18.1. The Balaban J connectivity index is 1.71. The van der Waals surface area contributed by atoms with E-state index >= 15 is 0 Å². The molecule has 0 fully saturated rings. The summed E-state index contributed by atoms with van der Waals surface area (Å²) >= 11 is 0. The molecule has 0 aliphatic heterocycles. The maximum atomic E-state index is 12.9. The minimum atomic E-state index is -0.276. The van der Waals surface area contributed by atoms with Crippen LogP contribution in [0.5, 0.6) is 5.75 Å². The smallest absolute Gasteiger partial charge is 0.191 e. The highest BCUT2D eigenvalue weighted by molar-refractivity contribution is 5.79. The van der Waals surface area contributed by atoms with Gasteiger partial charge in [0, 0.05) is 26.6 Å². The summed E-state index contributed by atoms with van der Waals surface area (Å²) in [5.74, 6) is 2.02. The predicted octanol–water partition coefficient (Wildman–Crippen LogP) is 1.61. The number of rotatable bonds is 8. The van der Waals surface area contributed by atoms with E-state index < -0.39 is 0 Å². The van der Waals surface area contributed by atoms with E-state index in [0.29, 0.717) is 24.8 Å². The predicted molar refractivity (Wildman–Crippen MR) is 95.3 cm³/mol. The van der Waals surface area contributed by atoms with Crippen molar-refractivity contribution in [3.8, 4) is 5.75 Å². The second-order valence-electron chi connectivity index (χ2n) is 5.56. The molecule has 0 radical (unpaired) electrons. The summed E-state index contributed by atoms with van der Waals surface area (Å²) in [6.07, 6.45) is 2.49. The Kier molecular flexibility index (Phi) is 7.18. The van der Waals surface area contributed by atoms with Gasteiger partial charge in [-0.15, -0.1) is 10.2 Å². The fraction of sp³-hybridized carbons (Fsp3) is 0.471. The summed E-state index contributed by atoms with van der Waals surface area (Å²) in [6, 6.07) is 5.99. The fourth-order valence-corrected chi connectivity index (χ4v) is 2.28. The number of ether oxygens (including phenoxy) is 1. The first-order chi connectivity index (χ1) is 12.1. The average molecular weight is 348 g/mol. The molecule has 1 heterocycles. The van der Waals surface area contributed by atoms with Gasteiger partial charge >= 0.3 is 0 Å². The molecule has 0 saturated carbocycles. The Morgan fingerprint density at radius 2 is 2.08 bits per heavy atom. The molecule has 2 N–H and O–H groups in total. The third kappa shape index (κ3) is 6.06. The highest BCUT2D eigenvalue weighted by Crippen LogP contribution is 2.12. The number of nitrogens with one attached hydrogen (secondary N) is 2. The summed E-state index contributed by atoms with van der Waals surface area (Å²) in [7, 11) is 1.72. The lowest BCUT2D eigenvalue weighted by Gasteiger charge is -2.18. The number of hydrogen-bond donors (Lipinski definition) is 2. The average Bonchev–Trinajstić information content (AvgIpc) is 3.07. The lowest BCUT2D eigenvalue weighted by molar-refractivity contribution is 0.223. The van der Waals surface area contributed by atoms with Crippen molar-refractivity contribution in [2.24, 2.45) is 4.99 Å². The van der Waals surface area contributed by atoms with Gasteiger partial charge in [0.1, 0.15) is 29.8 Å². The SMILES string of the molecule is CCc1nncn1CCNC(=NC)NCC(C)Oc1ccc(F)cc1. The van der Waals surface area contributed by atoms with Crippen LogP contribution in [0.2, 0.25) is 0 Å². The highest BCUT2D eigenvalue weighted by atomic mass is 19.1. The van der Waals surface area contributed by atoms with E-state index in [1.54, 1.807) is 25.5 Å². The lowest BCUT2D eigenvalue weighted by Crippen LogP contribution is -2.42. The quantitative estimate of drug-likeness (QED) is 0.560. The molecule has 2 aromatic rings. The van der Waals surface area contributed by atoms with Crippen LogP contribution in [0.25, 0.3) is 0 Å². The summed E-state index contributed by atoms with van der Waals surface area (Å²) in [6.45, 7) is 6.03. The van der Waals surface area contributed by atoms with Crippen molar-refractivity contribution < 1.29 is 9.13 Å².